The maximum absolute atomic E-state index is 13.4. The van der Waals surface area contributed by atoms with E-state index in [0.29, 0.717) is 40.0 Å². The standard InChI is InChI=1S/C20H20ClN3O2S2/c1-26-11-6-10-24-19(25)17-15(14-7-2-3-8-16(14)21)13-28-18(17)23-20(24)27-12-5-4-9-22/h2-3,7-8,13H,4-6,10-12H2,1H3. The van der Waals surface area contributed by atoms with E-state index < -0.39 is 0 Å². The van der Waals surface area contributed by atoms with Crippen LogP contribution in [0.15, 0.2) is 39.6 Å². The number of thioether (sulfide) groups is 1. The number of nitrogens with zero attached hydrogens (tertiary/aromatic N) is 3. The number of aromatic nitrogens is 2. The highest BCUT2D eigenvalue weighted by Crippen LogP contribution is 2.35. The zero-order chi connectivity index (χ0) is 19.9. The molecule has 3 aromatic rings. The van der Waals surface area contributed by atoms with Crippen LogP contribution in [-0.2, 0) is 11.3 Å². The van der Waals surface area contributed by atoms with Crippen molar-refractivity contribution in [2.75, 3.05) is 19.5 Å². The van der Waals surface area contributed by atoms with Gasteiger partial charge in [0.1, 0.15) is 4.83 Å². The van der Waals surface area contributed by atoms with Gasteiger partial charge in [0.2, 0.25) is 0 Å². The Morgan fingerprint density at radius 1 is 1.32 bits per heavy atom. The Morgan fingerprint density at radius 2 is 2.14 bits per heavy atom. The van der Waals surface area contributed by atoms with Crippen molar-refractivity contribution in [2.24, 2.45) is 0 Å². The summed E-state index contributed by atoms with van der Waals surface area (Å²) in [5.41, 5.74) is 1.61. The van der Waals surface area contributed by atoms with Crippen LogP contribution in [0, 0.1) is 11.3 Å². The number of hydrogen-bond donors (Lipinski definition) is 0. The van der Waals surface area contributed by atoms with E-state index in [-0.39, 0.29) is 5.56 Å². The molecule has 146 valence electrons. The molecule has 0 N–H and O–H groups in total. The second-order valence-corrected chi connectivity index (χ2v) is 8.44. The zero-order valence-electron chi connectivity index (χ0n) is 15.5. The summed E-state index contributed by atoms with van der Waals surface area (Å²) in [6, 6.07) is 9.68. The number of benzene rings is 1. The van der Waals surface area contributed by atoms with Crippen LogP contribution in [0.3, 0.4) is 0 Å². The van der Waals surface area contributed by atoms with Crippen LogP contribution in [0.4, 0.5) is 0 Å². The number of halogens is 1. The molecule has 0 aliphatic carbocycles. The minimum absolute atomic E-state index is 0.0555. The van der Waals surface area contributed by atoms with Gasteiger partial charge in [0, 0.05) is 54.0 Å². The molecule has 0 amide bonds. The van der Waals surface area contributed by atoms with Crippen LogP contribution >= 0.6 is 34.7 Å². The Morgan fingerprint density at radius 3 is 2.89 bits per heavy atom. The average Bonchev–Trinajstić information content (AvgIpc) is 3.12. The van der Waals surface area contributed by atoms with Gasteiger partial charge in [0.25, 0.3) is 5.56 Å². The molecule has 0 aliphatic heterocycles. The molecule has 3 rings (SSSR count). The first-order chi connectivity index (χ1) is 13.7. The molecule has 2 aromatic heterocycles. The first-order valence-corrected chi connectivity index (χ1v) is 11.2. The van der Waals surface area contributed by atoms with Gasteiger partial charge in [-0.3, -0.25) is 9.36 Å². The number of unbranched alkanes of at least 4 members (excludes halogenated alkanes) is 1. The second-order valence-electron chi connectivity index (χ2n) is 6.12. The lowest BCUT2D eigenvalue weighted by Crippen LogP contribution is -2.24. The van der Waals surface area contributed by atoms with Crippen LogP contribution in [-0.4, -0.2) is 29.0 Å². The number of hydrogen-bond acceptors (Lipinski definition) is 6. The molecular weight excluding hydrogens is 414 g/mol. The Kier molecular flexibility index (Phi) is 7.51. The van der Waals surface area contributed by atoms with Crippen molar-refractivity contribution in [3.8, 4) is 17.2 Å². The van der Waals surface area contributed by atoms with E-state index in [1.807, 2.05) is 29.6 Å². The fourth-order valence-corrected chi connectivity index (χ4v) is 5.05. The third-order valence-electron chi connectivity index (χ3n) is 4.22. The van der Waals surface area contributed by atoms with Crippen LogP contribution in [0.2, 0.25) is 5.02 Å². The molecule has 0 unspecified atom stereocenters. The number of ether oxygens (including phenoxy) is 1. The van der Waals surface area contributed by atoms with E-state index in [0.717, 1.165) is 29.7 Å². The summed E-state index contributed by atoms with van der Waals surface area (Å²) < 4.78 is 6.87. The smallest absolute Gasteiger partial charge is 0.263 e. The van der Waals surface area contributed by atoms with E-state index >= 15 is 0 Å². The lowest BCUT2D eigenvalue weighted by atomic mass is 10.1. The van der Waals surface area contributed by atoms with Crippen molar-refractivity contribution < 1.29 is 4.74 Å². The Labute approximate surface area is 176 Å². The van der Waals surface area contributed by atoms with E-state index in [1.54, 1.807) is 11.7 Å². The third kappa shape index (κ3) is 4.58. The van der Waals surface area contributed by atoms with E-state index in [2.05, 4.69) is 6.07 Å². The number of fused-ring (bicyclic) bond motifs is 1. The third-order valence-corrected chi connectivity index (χ3v) is 6.48. The van der Waals surface area contributed by atoms with Crippen molar-refractivity contribution in [1.82, 2.24) is 9.55 Å². The molecule has 5 nitrogen and oxygen atoms in total. The highest BCUT2D eigenvalue weighted by molar-refractivity contribution is 7.99. The van der Waals surface area contributed by atoms with Gasteiger partial charge in [0.05, 0.1) is 11.5 Å². The largest absolute Gasteiger partial charge is 0.385 e. The molecule has 1 aromatic carbocycles. The minimum atomic E-state index is -0.0555. The molecule has 2 heterocycles. The second kappa shape index (κ2) is 10.1. The molecule has 0 bridgehead atoms. The van der Waals surface area contributed by atoms with Gasteiger partial charge in [-0.2, -0.15) is 5.26 Å². The van der Waals surface area contributed by atoms with Gasteiger partial charge in [-0.1, -0.05) is 41.6 Å². The quantitative estimate of drug-likeness (QED) is 0.263. The molecule has 0 saturated carbocycles. The van der Waals surface area contributed by atoms with E-state index in [4.69, 9.17) is 26.6 Å². The normalized spacial score (nSPS) is 11.0. The van der Waals surface area contributed by atoms with Crippen molar-refractivity contribution in [1.29, 1.82) is 5.26 Å². The van der Waals surface area contributed by atoms with Gasteiger partial charge in [-0.05, 0) is 18.9 Å². The summed E-state index contributed by atoms with van der Waals surface area (Å²) >= 11 is 9.34. The van der Waals surface area contributed by atoms with E-state index in [1.165, 1.54) is 23.1 Å². The lowest BCUT2D eigenvalue weighted by Gasteiger charge is -2.12. The Balaban J connectivity index is 2.06. The number of rotatable bonds is 9. The number of thiophene rings is 1. The van der Waals surface area contributed by atoms with Crippen molar-refractivity contribution in [2.45, 2.75) is 31.0 Å². The van der Waals surface area contributed by atoms with Gasteiger partial charge in [0.15, 0.2) is 5.16 Å². The predicted octanol–water partition coefficient (Wildman–Crippen LogP) is 5.21. The first kappa shape index (κ1) is 20.9. The molecule has 0 atom stereocenters. The van der Waals surface area contributed by atoms with Crippen LogP contribution in [0.25, 0.3) is 21.3 Å². The summed E-state index contributed by atoms with van der Waals surface area (Å²) in [6.07, 6.45) is 1.99. The molecule has 28 heavy (non-hydrogen) atoms. The van der Waals surface area contributed by atoms with Gasteiger partial charge >= 0.3 is 0 Å². The molecule has 0 saturated heterocycles. The highest BCUT2D eigenvalue weighted by atomic mass is 35.5. The summed E-state index contributed by atoms with van der Waals surface area (Å²) in [7, 11) is 1.65. The zero-order valence-corrected chi connectivity index (χ0v) is 17.9. The van der Waals surface area contributed by atoms with Crippen LogP contribution < -0.4 is 5.56 Å². The summed E-state index contributed by atoms with van der Waals surface area (Å²) in [5.74, 6) is 0.749. The van der Waals surface area contributed by atoms with Crippen LogP contribution in [0.1, 0.15) is 19.3 Å². The predicted molar refractivity (Wildman–Crippen MR) is 116 cm³/mol. The summed E-state index contributed by atoms with van der Waals surface area (Å²) in [5, 5.41) is 12.6. The molecule has 0 radical (unpaired) electrons. The topological polar surface area (TPSA) is 67.9 Å². The minimum Gasteiger partial charge on any atom is -0.385 e. The Hall–Kier alpha value is -1.85. The van der Waals surface area contributed by atoms with Crippen LogP contribution in [0.5, 0.6) is 0 Å². The molecule has 0 fully saturated rings. The maximum atomic E-state index is 13.4. The average molecular weight is 434 g/mol. The number of nitriles is 1. The highest BCUT2D eigenvalue weighted by Gasteiger charge is 2.18. The molecule has 0 aliphatic rings. The lowest BCUT2D eigenvalue weighted by molar-refractivity contribution is 0.189. The van der Waals surface area contributed by atoms with Crippen molar-refractivity contribution >= 4 is 44.9 Å². The maximum Gasteiger partial charge on any atom is 0.263 e. The Bertz CT molecular complexity index is 1060. The molecular formula is C20H20ClN3O2S2. The first-order valence-electron chi connectivity index (χ1n) is 8.93. The van der Waals surface area contributed by atoms with Gasteiger partial charge in [-0.15, -0.1) is 11.3 Å². The van der Waals surface area contributed by atoms with Crippen molar-refractivity contribution in [3.05, 3.63) is 45.0 Å². The molecule has 0 spiro atoms. The summed E-state index contributed by atoms with van der Waals surface area (Å²) in [4.78, 5) is 18.9. The monoisotopic (exact) mass is 433 g/mol. The van der Waals surface area contributed by atoms with Crippen molar-refractivity contribution in [3.63, 3.8) is 0 Å². The van der Waals surface area contributed by atoms with E-state index in [9.17, 15) is 4.79 Å². The SMILES string of the molecule is COCCCn1c(SCCCC#N)nc2scc(-c3ccccc3Cl)c2c1=O. The molecule has 8 heteroatoms. The van der Waals surface area contributed by atoms with Gasteiger partial charge in [-0.25, -0.2) is 4.98 Å². The number of methoxy groups -OCH3 is 1. The fourth-order valence-electron chi connectivity index (χ4n) is 2.87. The van der Waals surface area contributed by atoms with Gasteiger partial charge < -0.3 is 4.74 Å². The summed E-state index contributed by atoms with van der Waals surface area (Å²) in [6.45, 7) is 1.11. The fraction of sp³-hybridized carbons (Fsp3) is 0.350.